The van der Waals surface area contributed by atoms with E-state index in [1.165, 1.54) is 0 Å². The topological polar surface area (TPSA) is 52.7 Å². The first kappa shape index (κ1) is 21.6. The van der Waals surface area contributed by atoms with E-state index < -0.39 is 6.04 Å². The molecular weight excluding hydrogens is 350 g/mol. The summed E-state index contributed by atoms with van der Waals surface area (Å²) < 4.78 is 0. The molecule has 0 aliphatic carbocycles. The van der Waals surface area contributed by atoms with Crippen LogP contribution in [-0.2, 0) is 9.59 Å². The van der Waals surface area contributed by atoms with Crippen molar-refractivity contribution in [3.63, 3.8) is 0 Å². The molecule has 1 N–H and O–H groups in total. The van der Waals surface area contributed by atoms with Gasteiger partial charge in [0.2, 0.25) is 11.8 Å². The molecule has 150 valence electrons. The monoisotopic (exact) mass is 381 g/mol. The van der Waals surface area contributed by atoms with Crippen LogP contribution < -0.4 is 10.2 Å². The third-order valence-corrected chi connectivity index (χ3v) is 4.64. The normalized spacial score (nSPS) is 12.1. The Morgan fingerprint density at radius 2 is 1.50 bits per heavy atom. The largest absolute Gasteiger partial charge is 0.325 e. The van der Waals surface area contributed by atoms with Gasteiger partial charge in [-0.25, -0.2) is 0 Å². The number of nitrogens with zero attached hydrogens (tertiary/aromatic N) is 2. The molecule has 2 rings (SSSR count). The highest BCUT2D eigenvalue weighted by Gasteiger charge is 2.26. The van der Waals surface area contributed by atoms with Crippen LogP contribution in [0.3, 0.4) is 0 Å². The Balaban J connectivity index is 2.11. The van der Waals surface area contributed by atoms with E-state index in [-0.39, 0.29) is 24.4 Å². The zero-order chi connectivity index (χ0) is 20.5. The first-order chi connectivity index (χ1) is 13.4. The van der Waals surface area contributed by atoms with E-state index in [1.54, 1.807) is 4.90 Å². The lowest BCUT2D eigenvalue weighted by atomic mass is 10.2. The van der Waals surface area contributed by atoms with Crippen molar-refractivity contribution in [2.45, 2.75) is 46.2 Å². The molecular formula is C23H31N3O2. The third kappa shape index (κ3) is 5.92. The second kappa shape index (κ2) is 10.6. The highest BCUT2D eigenvalue weighted by Crippen LogP contribution is 2.18. The Labute approximate surface area is 168 Å². The van der Waals surface area contributed by atoms with Crippen molar-refractivity contribution in [2.75, 3.05) is 23.3 Å². The quantitative estimate of drug-likeness (QED) is 0.709. The maximum absolute atomic E-state index is 13.1. The fraction of sp³-hybridized carbons (Fsp3) is 0.391. The number of benzene rings is 2. The summed E-state index contributed by atoms with van der Waals surface area (Å²) in [7, 11) is 0. The number of anilines is 2. The van der Waals surface area contributed by atoms with Gasteiger partial charge in [-0.15, -0.1) is 0 Å². The van der Waals surface area contributed by atoms with Gasteiger partial charge in [0.25, 0.3) is 0 Å². The molecule has 5 nitrogen and oxygen atoms in total. The average Bonchev–Trinajstić information content (AvgIpc) is 2.68. The Kier molecular flexibility index (Phi) is 8.20. The summed E-state index contributed by atoms with van der Waals surface area (Å²) in [5.74, 6) is -0.114. The second-order valence-electron chi connectivity index (χ2n) is 7.19. The van der Waals surface area contributed by atoms with Crippen molar-refractivity contribution < 1.29 is 9.59 Å². The van der Waals surface area contributed by atoms with Crippen LogP contribution in [0.1, 0.15) is 34.1 Å². The van der Waals surface area contributed by atoms with Crippen LogP contribution in [0.5, 0.6) is 0 Å². The van der Waals surface area contributed by atoms with E-state index in [0.29, 0.717) is 6.54 Å². The summed E-state index contributed by atoms with van der Waals surface area (Å²) in [4.78, 5) is 29.6. The summed E-state index contributed by atoms with van der Waals surface area (Å²) in [6.45, 7) is 8.78. The molecule has 0 heterocycles. The summed E-state index contributed by atoms with van der Waals surface area (Å²) in [5.41, 5.74) is 1.63. The summed E-state index contributed by atoms with van der Waals surface area (Å²) in [6, 6.07) is 18.7. The highest BCUT2D eigenvalue weighted by molar-refractivity contribution is 5.97. The van der Waals surface area contributed by atoms with Crippen LogP contribution in [-0.4, -0.2) is 41.9 Å². The molecule has 1 atom stereocenters. The minimum absolute atomic E-state index is 0.00555. The summed E-state index contributed by atoms with van der Waals surface area (Å²) >= 11 is 0. The van der Waals surface area contributed by atoms with Gasteiger partial charge < -0.3 is 10.2 Å². The number of rotatable bonds is 9. The third-order valence-electron chi connectivity index (χ3n) is 4.64. The van der Waals surface area contributed by atoms with Crippen molar-refractivity contribution in [1.82, 2.24) is 4.90 Å². The van der Waals surface area contributed by atoms with Crippen LogP contribution in [0.2, 0.25) is 0 Å². The van der Waals surface area contributed by atoms with Crippen LogP contribution in [0.15, 0.2) is 60.7 Å². The van der Waals surface area contributed by atoms with E-state index in [2.05, 4.69) is 12.2 Å². The summed E-state index contributed by atoms with van der Waals surface area (Å²) in [6.07, 6.45) is 0.864. The molecule has 0 saturated heterocycles. The predicted octanol–water partition coefficient (Wildman–Crippen LogP) is 4.17. The van der Waals surface area contributed by atoms with Gasteiger partial charge in [-0.2, -0.15) is 0 Å². The van der Waals surface area contributed by atoms with Crippen molar-refractivity contribution >= 4 is 23.2 Å². The number of carbonyl (C=O) groups is 2. The van der Waals surface area contributed by atoms with Crippen molar-refractivity contribution in [2.24, 2.45) is 0 Å². The Morgan fingerprint density at radius 1 is 0.929 bits per heavy atom. The SMILES string of the molecule is CCCN(CC(=O)N(c1ccccc1)C(C)C)C(C)C(=O)Nc1ccccc1. The van der Waals surface area contributed by atoms with Crippen molar-refractivity contribution in [3.8, 4) is 0 Å². The van der Waals surface area contributed by atoms with E-state index in [1.807, 2.05) is 86.3 Å². The second-order valence-corrected chi connectivity index (χ2v) is 7.19. The van der Waals surface area contributed by atoms with Crippen LogP contribution in [0.25, 0.3) is 0 Å². The number of hydrogen-bond acceptors (Lipinski definition) is 3. The molecule has 5 heteroatoms. The molecule has 0 aromatic heterocycles. The molecule has 0 radical (unpaired) electrons. The fourth-order valence-electron chi connectivity index (χ4n) is 3.20. The molecule has 2 aromatic carbocycles. The van der Waals surface area contributed by atoms with Gasteiger partial charge in [-0.1, -0.05) is 43.3 Å². The van der Waals surface area contributed by atoms with Crippen LogP contribution >= 0.6 is 0 Å². The standard InChI is InChI=1S/C23H31N3O2/c1-5-16-25(19(4)23(28)24-20-12-8-6-9-13-20)17-22(27)26(18(2)3)21-14-10-7-11-15-21/h6-15,18-19H,5,16-17H2,1-4H3,(H,24,28). The van der Waals surface area contributed by atoms with Crippen molar-refractivity contribution in [3.05, 3.63) is 60.7 Å². The minimum atomic E-state index is -0.408. The van der Waals surface area contributed by atoms with Gasteiger partial charge in [0.15, 0.2) is 0 Å². The number of para-hydroxylation sites is 2. The molecule has 0 bridgehead atoms. The molecule has 28 heavy (non-hydrogen) atoms. The van der Waals surface area contributed by atoms with E-state index >= 15 is 0 Å². The summed E-state index contributed by atoms with van der Waals surface area (Å²) in [5, 5.41) is 2.93. The molecule has 1 unspecified atom stereocenters. The molecule has 0 aliphatic rings. The Hall–Kier alpha value is -2.66. The van der Waals surface area contributed by atoms with Crippen LogP contribution in [0, 0.1) is 0 Å². The molecule has 0 fully saturated rings. The number of carbonyl (C=O) groups excluding carboxylic acids is 2. The van der Waals surface area contributed by atoms with Crippen LogP contribution in [0.4, 0.5) is 11.4 Å². The molecule has 0 aliphatic heterocycles. The lowest BCUT2D eigenvalue weighted by molar-refractivity contribution is -0.124. The average molecular weight is 382 g/mol. The lowest BCUT2D eigenvalue weighted by Gasteiger charge is -2.32. The van der Waals surface area contributed by atoms with Gasteiger partial charge in [0.1, 0.15) is 0 Å². The van der Waals surface area contributed by atoms with Gasteiger partial charge in [0.05, 0.1) is 12.6 Å². The highest BCUT2D eigenvalue weighted by atomic mass is 16.2. The molecule has 0 saturated carbocycles. The zero-order valence-corrected chi connectivity index (χ0v) is 17.3. The smallest absolute Gasteiger partial charge is 0.241 e. The zero-order valence-electron chi connectivity index (χ0n) is 17.3. The lowest BCUT2D eigenvalue weighted by Crippen LogP contribution is -2.49. The number of amides is 2. The first-order valence-corrected chi connectivity index (χ1v) is 9.91. The van der Waals surface area contributed by atoms with E-state index in [9.17, 15) is 9.59 Å². The maximum Gasteiger partial charge on any atom is 0.241 e. The molecule has 0 spiro atoms. The minimum Gasteiger partial charge on any atom is -0.325 e. The Morgan fingerprint density at radius 3 is 2.04 bits per heavy atom. The van der Waals surface area contributed by atoms with Gasteiger partial charge in [0, 0.05) is 17.4 Å². The van der Waals surface area contributed by atoms with Crippen molar-refractivity contribution in [1.29, 1.82) is 0 Å². The fourth-order valence-corrected chi connectivity index (χ4v) is 3.20. The first-order valence-electron chi connectivity index (χ1n) is 9.91. The molecule has 2 aromatic rings. The maximum atomic E-state index is 13.1. The van der Waals surface area contributed by atoms with Gasteiger partial charge in [-0.05, 0) is 58.0 Å². The van der Waals surface area contributed by atoms with E-state index in [0.717, 1.165) is 17.8 Å². The Bertz CT molecular complexity index is 747. The van der Waals surface area contributed by atoms with Gasteiger partial charge in [-0.3, -0.25) is 14.5 Å². The predicted molar refractivity (Wildman–Crippen MR) is 115 cm³/mol. The number of hydrogen-bond donors (Lipinski definition) is 1. The number of nitrogens with one attached hydrogen (secondary N) is 1. The van der Waals surface area contributed by atoms with E-state index in [4.69, 9.17) is 0 Å². The van der Waals surface area contributed by atoms with Gasteiger partial charge >= 0.3 is 0 Å². The molecule has 2 amide bonds.